The summed E-state index contributed by atoms with van der Waals surface area (Å²) in [6.45, 7) is 3.09. The number of likely N-dealkylation sites (tertiary alicyclic amines) is 1. The molecule has 0 aliphatic carbocycles. The lowest BCUT2D eigenvalue weighted by Gasteiger charge is -2.34. The van der Waals surface area contributed by atoms with Crippen molar-refractivity contribution < 1.29 is 14.7 Å². The van der Waals surface area contributed by atoms with Gasteiger partial charge < -0.3 is 15.3 Å². The van der Waals surface area contributed by atoms with E-state index in [1.807, 2.05) is 0 Å². The third kappa shape index (κ3) is 2.36. The molecule has 102 valence electrons. The topological polar surface area (TPSA) is 69.6 Å². The van der Waals surface area contributed by atoms with Gasteiger partial charge in [0.25, 0.3) is 0 Å². The summed E-state index contributed by atoms with van der Waals surface area (Å²) in [4.78, 5) is 25.4. The molecule has 2 atom stereocenters. The van der Waals surface area contributed by atoms with Crippen molar-refractivity contribution in [2.75, 3.05) is 13.1 Å². The van der Waals surface area contributed by atoms with Crippen LogP contribution in [-0.2, 0) is 9.59 Å². The number of aliphatic carboxylic acids is 1. The average Bonchev–Trinajstić information content (AvgIpc) is 2.58. The fraction of sp³-hybridized carbons (Fsp3) is 0.846. The minimum absolute atomic E-state index is 0.0284. The number of rotatable bonds is 2. The van der Waals surface area contributed by atoms with Gasteiger partial charge in [0.05, 0.1) is 6.04 Å². The summed E-state index contributed by atoms with van der Waals surface area (Å²) in [6.07, 6.45) is 5.45. The normalized spacial score (nSPS) is 33.2. The predicted octanol–water partition coefficient (Wildman–Crippen LogP) is 0.984. The van der Waals surface area contributed by atoms with Crippen LogP contribution in [0.1, 0.15) is 45.4 Å². The minimum Gasteiger partial charge on any atom is -0.480 e. The molecular formula is C13H22N2O3. The number of carbonyl (C=O) groups is 2. The van der Waals surface area contributed by atoms with Crippen molar-refractivity contribution >= 4 is 11.9 Å². The summed E-state index contributed by atoms with van der Waals surface area (Å²) in [5.41, 5.74) is -1.01. The predicted molar refractivity (Wildman–Crippen MR) is 67.2 cm³/mol. The molecule has 0 aromatic heterocycles. The summed E-state index contributed by atoms with van der Waals surface area (Å²) in [6, 6.07) is -0.190. The standard InChI is InChI=1S/C13H22N2O3/c1-13(12(17)18)7-5-9-15(13)11(16)10-6-3-2-4-8-14-10/h10,14H,2-9H2,1H3,(H,17,18). The number of carbonyl (C=O) groups excluding carboxylic acids is 1. The van der Waals surface area contributed by atoms with Crippen molar-refractivity contribution in [3.05, 3.63) is 0 Å². The van der Waals surface area contributed by atoms with E-state index in [0.29, 0.717) is 13.0 Å². The Balaban J connectivity index is 2.09. The molecule has 2 unspecified atom stereocenters. The Kier molecular flexibility index (Phi) is 3.90. The van der Waals surface area contributed by atoms with E-state index in [0.717, 1.165) is 38.6 Å². The molecule has 2 aliphatic heterocycles. The molecule has 1 amide bonds. The van der Waals surface area contributed by atoms with Crippen molar-refractivity contribution in [3.8, 4) is 0 Å². The summed E-state index contributed by atoms with van der Waals surface area (Å²) >= 11 is 0. The summed E-state index contributed by atoms with van der Waals surface area (Å²) in [5, 5.41) is 12.6. The van der Waals surface area contributed by atoms with Gasteiger partial charge in [-0.25, -0.2) is 4.79 Å². The molecule has 2 fully saturated rings. The Hall–Kier alpha value is -1.10. The molecule has 2 heterocycles. The lowest BCUT2D eigenvalue weighted by Crippen LogP contribution is -2.56. The van der Waals surface area contributed by atoms with Gasteiger partial charge in [-0.15, -0.1) is 0 Å². The molecule has 18 heavy (non-hydrogen) atoms. The van der Waals surface area contributed by atoms with Crippen LogP contribution < -0.4 is 5.32 Å². The van der Waals surface area contributed by atoms with Gasteiger partial charge in [0.15, 0.2) is 0 Å². The van der Waals surface area contributed by atoms with E-state index in [2.05, 4.69) is 5.32 Å². The van der Waals surface area contributed by atoms with Gasteiger partial charge in [-0.2, -0.15) is 0 Å². The van der Waals surface area contributed by atoms with E-state index < -0.39 is 11.5 Å². The first-order valence-corrected chi connectivity index (χ1v) is 6.84. The monoisotopic (exact) mass is 254 g/mol. The van der Waals surface area contributed by atoms with Crippen LogP contribution in [0.3, 0.4) is 0 Å². The maximum atomic E-state index is 12.5. The smallest absolute Gasteiger partial charge is 0.329 e. The van der Waals surface area contributed by atoms with Gasteiger partial charge in [-0.1, -0.05) is 12.8 Å². The average molecular weight is 254 g/mol. The molecule has 0 bridgehead atoms. The largest absolute Gasteiger partial charge is 0.480 e. The number of hydrogen-bond donors (Lipinski definition) is 2. The van der Waals surface area contributed by atoms with Crippen LogP contribution in [0.2, 0.25) is 0 Å². The van der Waals surface area contributed by atoms with Gasteiger partial charge in [-0.05, 0) is 39.2 Å². The van der Waals surface area contributed by atoms with E-state index in [9.17, 15) is 14.7 Å². The van der Waals surface area contributed by atoms with Crippen molar-refractivity contribution in [2.24, 2.45) is 0 Å². The highest BCUT2D eigenvalue weighted by Gasteiger charge is 2.47. The molecule has 2 rings (SSSR count). The van der Waals surface area contributed by atoms with E-state index in [1.54, 1.807) is 11.8 Å². The lowest BCUT2D eigenvalue weighted by atomic mass is 9.98. The fourth-order valence-electron chi connectivity index (χ4n) is 2.97. The lowest BCUT2D eigenvalue weighted by molar-refractivity contribution is -0.156. The van der Waals surface area contributed by atoms with Gasteiger partial charge in [0.2, 0.25) is 5.91 Å². The van der Waals surface area contributed by atoms with Gasteiger partial charge >= 0.3 is 5.97 Å². The highest BCUT2D eigenvalue weighted by Crippen LogP contribution is 2.30. The van der Waals surface area contributed by atoms with Crippen molar-refractivity contribution in [1.82, 2.24) is 10.2 Å². The van der Waals surface area contributed by atoms with Gasteiger partial charge in [0, 0.05) is 6.54 Å². The van der Waals surface area contributed by atoms with Crippen LogP contribution in [0.4, 0.5) is 0 Å². The van der Waals surface area contributed by atoms with E-state index >= 15 is 0 Å². The molecule has 2 saturated heterocycles. The number of carboxylic acids is 1. The van der Waals surface area contributed by atoms with Gasteiger partial charge in [0.1, 0.15) is 5.54 Å². The first kappa shape index (κ1) is 13.3. The van der Waals surface area contributed by atoms with Gasteiger partial charge in [-0.3, -0.25) is 4.79 Å². The van der Waals surface area contributed by atoms with Crippen LogP contribution >= 0.6 is 0 Å². The highest BCUT2D eigenvalue weighted by atomic mass is 16.4. The molecule has 0 saturated carbocycles. The Morgan fingerprint density at radius 1 is 1.28 bits per heavy atom. The van der Waals surface area contributed by atoms with Crippen molar-refractivity contribution in [2.45, 2.75) is 57.0 Å². The molecule has 5 nitrogen and oxygen atoms in total. The molecule has 0 radical (unpaired) electrons. The quantitative estimate of drug-likeness (QED) is 0.771. The molecule has 0 aromatic carbocycles. The van der Waals surface area contributed by atoms with Crippen molar-refractivity contribution in [3.63, 3.8) is 0 Å². The Bertz CT molecular complexity index is 337. The van der Waals surface area contributed by atoms with Crippen LogP contribution in [0.25, 0.3) is 0 Å². The third-order valence-corrected chi connectivity index (χ3v) is 4.23. The molecular weight excluding hydrogens is 232 g/mol. The number of hydrogen-bond acceptors (Lipinski definition) is 3. The zero-order valence-electron chi connectivity index (χ0n) is 10.9. The number of amides is 1. The second-order valence-corrected chi connectivity index (χ2v) is 5.53. The summed E-state index contributed by atoms with van der Waals surface area (Å²) in [5.74, 6) is -0.915. The third-order valence-electron chi connectivity index (χ3n) is 4.23. The van der Waals surface area contributed by atoms with E-state index in [4.69, 9.17) is 0 Å². The number of nitrogens with one attached hydrogen (secondary N) is 1. The molecule has 2 N–H and O–H groups in total. The van der Waals surface area contributed by atoms with Crippen LogP contribution in [0, 0.1) is 0 Å². The maximum Gasteiger partial charge on any atom is 0.329 e. The molecule has 2 aliphatic rings. The molecule has 0 aromatic rings. The maximum absolute atomic E-state index is 12.5. The molecule has 0 spiro atoms. The first-order valence-electron chi connectivity index (χ1n) is 6.84. The Morgan fingerprint density at radius 3 is 2.78 bits per heavy atom. The first-order chi connectivity index (χ1) is 8.55. The zero-order valence-corrected chi connectivity index (χ0v) is 10.9. The second-order valence-electron chi connectivity index (χ2n) is 5.53. The Labute approximate surface area is 108 Å². The number of nitrogens with zero attached hydrogens (tertiary/aromatic N) is 1. The minimum atomic E-state index is -1.01. The fourth-order valence-corrected chi connectivity index (χ4v) is 2.97. The Morgan fingerprint density at radius 2 is 2.06 bits per heavy atom. The number of carboxylic acid groups (broad SMARTS) is 1. The summed E-state index contributed by atoms with van der Waals surface area (Å²) < 4.78 is 0. The van der Waals surface area contributed by atoms with Crippen LogP contribution in [-0.4, -0.2) is 46.6 Å². The van der Waals surface area contributed by atoms with Crippen LogP contribution in [0.5, 0.6) is 0 Å². The van der Waals surface area contributed by atoms with E-state index in [1.165, 1.54) is 0 Å². The zero-order chi connectivity index (χ0) is 13.2. The van der Waals surface area contributed by atoms with Crippen LogP contribution in [0.15, 0.2) is 0 Å². The molecule has 5 heteroatoms. The highest BCUT2D eigenvalue weighted by molar-refractivity contribution is 5.90. The SMILES string of the molecule is CC1(C(=O)O)CCCN1C(=O)C1CCCCCN1. The van der Waals surface area contributed by atoms with E-state index in [-0.39, 0.29) is 11.9 Å². The second kappa shape index (κ2) is 5.26. The van der Waals surface area contributed by atoms with Crippen molar-refractivity contribution in [1.29, 1.82) is 0 Å². The summed E-state index contributed by atoms with van der Waals surface area (Å²) in [7, 11) is 0.